The van der Waals surface area contributed by atoms with Crippen molar-refractivity contribution >= 4 is 51.9 Å². The predicted molar refractivity (Wildman–Crippen MR) is 137 cm³/mol. The summed E-state index contributed by atoms with van der Waals surface area (Å²) in [6, 6.07) is 16.8. The number of benzene rings is 2. The molecule has 0 saturated carbocycles. The van der Waals surface area contributed by atoms with Crippen LogP contribution in [0.4, 0.5) is 29.1 Å². The molecule has 8 heteroatoms. The van der Waals surface area contributed by atoms with Gasteiger partial charge in [0, 0.05) is 43.5 Å². The first-order valence-corrected chi connectivity index (χ1v) is 12.0. The number of aromatic nitrogens is 4. The average molecular weight is 448 g/mol. The Kier molecular flexibility index (Phi) is 6.50. The van der Waals surface area contributed by atoms with E-state index in [1.807, 2.05) is 37.2 Å². The minimum atomic E-state index is 0.320. The number of nitrogens with one attached hydrogen (secondary N) is 2. The summed E-state index contributed by atoms with van der Waals surface area (Å²) in [5, 5.41) is 6.72. The predicted octanol–water partition coefficient (Wildman–Crippen LogP) is 5.56. The van der Waals surface area contributed by atoms with Gasteiger partial charge in [-0.2, -0.15) is 16.7 Å². The summed E-state index contributed by atoms with van der Waals surface area (Å²) in [4.78, 5) is 15.9. The molecule has 4 aromatic rings. The summed E-state index contributed by atoms with van der Waals surface area (Å²) >= 11 is 1.80. The van der Waals surface area contributed by atoms with E-state index in [0.29, 0.717) is 12.0 Å². The zero-order valence-corrected chi connectivity index (χ0v) is 19.9. The highest BCUT2D eigenvalue weighted by Gasteiger charge is 2.13. The number of hydrogen-bond donors (Lipinski definition) is 2. The average Bonchev–Trinajstić information content (AvgIpc) is 3.08. The van der Waals surface area contributed by atoms with Crippen molar-refractivity contribution in [1.82, 2.24) is 19.5 Å². The van der Waals surface area contributed by atoms with Gasteiger partial charge in [-0.3, -0.25) is 0 Å². The monoisotopic (exact) mass is 447 g/mol. The first-order valence-electron chi connectivity index (χ1n) is 10.6. The second-order valence-electron chi connectivity index (χ2n) is 8.02. The van der Waals surface area contributed by atoms with E-state index in [9.17, 15) is 0 Å². The first-order chi connectivity index (χ1) is 15.4. The Morgan fingerprint density at radius 3 is 2.72 bits per heavy atom. The largest absolute Gasteiger partial charge is 0.353 e. The van der Waals surface area contributed by atoms with Gasteiger partial charge in [0.05, 0.1) is 11.0 Å². The van der Waals surface area contributed by atoms with Gasteiger partial charge in [0.2, 0.25) is 11.9 Å². The van der Waals surface area contributed by atoms with Crippen LogP contribution in [0.1, 0.15) is 19.4 Å². The lowest BCUT2D eigenvalue weighted by Gasteiger charge is -2.19. The van der Waals surface area contributed by atoms with Crippen LogP contribution >= 0.6 is 11.8 Å². The molecule has 0 amide bonds. The number of aryl methyl sites for hydroxylation is 1. The van der Waals surface area contributed by atoms with E-state index in [0.717, 1.165) is 39.9 Å². The van der Waals surface area contributed by atoms with Gasteiger partial charge in [0.1, 0.15) is 5.82 Å². The molecule has 2 aromatic heterocycles. The van der Waals surface area contributed by atoms with Gasteiger partial charge in [0.15, 0.2) is 0 Å². The molecule has 0 saturated heterocycles. The molecule has 0 aliphatic carbocycles. The van der Waals surface area contributed by atoms with Gasteiger partial charge >= 0.3 is 0 Å². The molecule has 0 radical (unpaired) electrons. The van der Waals surface area contributed by atoms with Gasteiger partial charge in [-0.1, -0.05) is 12.1 Å². The van der Waals surface area contributed by atoms with Gasteiger partial charge in [-0.15, -0.1) is 0 Å². The SMILES string of the molecule is CSCc1cccc(Nc2nccc(N(C)c3ccc4c(c3)nc(NC(C)C)n4C)n2)c1. The van der Waals surface area contributed by atoms with Crippen LogP contribution in [0, 0.1) is 0 Å². The molecule has 2 aromatic carbocycles. The molecule has 32 heavy (non-hydrogen) atoms. The lowest BCUT2D eigenvalue weighted by Crippen LogP contribution is -2.13. The van der Waals surface area contributed by atoms with Crippen LogP contribution in [0.25, 0.3) is 11.0 Å². The van der Waals surface area contributed by atoms with Gasteiger partial charge < -0.3 is 20.1 Å². The number of thioether (sulfide) groups is 1. The second-order valence-corrected chi connectivity index (χ2v) is 8.89. The molecule has 0 unspecified atom stereocenters. The van der Waals surface area contributed by atoms with Crippen LogP contribution in [0.3, 0.4) is 0 Å². The summed E-state index contributed by atoms with van der Waals surface area (Å²) in [5.41, 5.74) is 5.29. The van der Waals surface area contributed by atoms with E-state index >= 15 is 0 Å². The van der Waals surface area contributed by atoms with Crippen molar-refractivity contribution < 1.29 is 0 Å². The van der Waals surface area contributed by atoms with Crippen molar-refractivity contribution in [3.8, 4) is 0 Å². The lowest BCUT2D eigenvalue weighted by atomic mass is 10.2. The summed E-state index contributed by atoms with van der Waals surface area (Å²) in [5.74, 6) is 3.22. The van der Waals surface area contributed by atoms with E-state index in [-0.39, 0.29) is 0 Å². The molecular weight excluding hydrogens is 418 g/mol. The van der Waals surface area contributed by atoms with Crippen molar-refractivity contribution in [3.63, 3.8) is 0 Å². The quantitative estimate of drug-likeness (QED) is 0.366. The summed E-state index contributed by atoms with van der Waals surface area (Å²) in [6.45, 7) is 4.22. The molecule has 0 atom stereocenters. The van der Waals surface area contributed by atoms with E-state index in [1.54, 1.807) is 18.0 Å². The Labute approximate surface area is 193 Å². The molecule has 2 N–H and O–H groups in total. The third kappa shape index (κ3) is 4.80. The van der Waals surface area contributed by atoms with Gasteiger partial charge in [-0.05, 0) is 62.1 Å². The van der Waals surface area contributed by atoms with Gasteiger partial charge in [-0.25, -0.2) is 9.97 Å². The fraction of sp³-hybridized carbons (Fsp3) is 0.292. The number of fused-ring (bicyclic) bond motifs is 1. The molecule has 0 aliphatic heterocycles. The van der Waals surface area contributed by atoms with E-state index < -0.39 is 0 Å². The maximum Gasteiger partial charge on any atom is 0.229 e. The molecule has 0 aliphatic rings. The Morgan fingerprint density at radius 1 is 1.09 bits per heavy atom. The summed E-state index contributed by atoms with van der Waals surface area (Å²) < 4.78 is 2.08. The lowest BCUT2D eigenvalue weighted by molar-refractivity contribution is 0.843. The molecule has 7 nitrogen and oxygen atoms in total. The summed E-state index contributed by atoms with van der Waals surface area (Å²) in [7, 11) is 4.03. The van der Waals surface area contributed by atoms with Crippen molar-refractivity contribution in [1.29, 1.82) is 0 Å². The normalized spacial score (nSPS) is 11.2. The van der Waals surface area contributed by atoms with Gasteiger partial charge in [0.25, 0.3) is 0 Å². The fourth-order valence-electron chi connectivity index (χ4n) is 3.55. The zero-order valence-electron chi connectivity index (χ0n) is 19.1. The maximum atomic E-state index is 4.76. The van der Waals surface area contributed by atoms with Crippen LogP contribution in [-0.4, -0.2) is 38.9 Å². The number of imidazole rings is 1. The van der Waals surface area contributed by atoms with Crippen LogP contribution in [0.5, 0.6) is 0 Å². The summed E-state index contributed by atoms with van der Waals surface area (Å²) in [6.07, 6.45) is 3.88. The zero-order chi connectivity index (χ0) is 22.7. The van der Waals surface area contributed by atoms with Crippen LogP contribution in [0.15, 0.2) is 54.7 Å². The Bertz CT molecular complexity index is 1220. The molecule has 2 heterocycles. The van der Waals surface area contributed by atoms with Crippen molar-refractivity contribution in [2.24, 2.45) is 7.05 Å². The standard InChI is InChI=1S/C24H29N7S/c1-16(2)26-24-28-20-14-19(9-10-21(20)31(24)4)30(3)22-11-12-25-23(29-22)27-18-8-6-7-17(13-18)15-32-5/h6-14,16H,15H2,1-5H3,(H,26,28)(H,25,27,29). The number of rotatable bonds is 8. The third-order valence-electron chi connectivity index (χ3n) is 5.15. The highest BCUT2D eigenvalue weighted by Crippen LogP contribution is 2.28. The Morgan fingerprint density at radius 2 is 1.94 bits per heavy atom. The molecular formula is C24H29N7S. The van der Waals surface area contributed by atoms with E-state index in [1.165, 1.54) is 5.56 Å². The molecule has 166 valence electrons. The van der Waals surface area contributed by atoms with E-state index in [4.69, 9.17) is 9.97 Å². The minimum absolute atomic E-state index is 0.320. The molecule has 0 spiro atoms. The maximum absolute atomic E-state index is 4.76. The molecule has 0 bridgehead atoms. The Hall–Kier alpha value is -3.26. The molecule has 0 fully saturated rings. The van der Waals surface area contributed by atoms with Crippen molar-refractivity contribution in [2.45, 2.75) is 25.6 Å². The molecule has 4 rings (SSSR count). The first kappa shape index (κ1) is 22.0. The second kappa shape index (κ2) is 9.48. The van der Waals surface area contributed by atoms with E-state index in [2.05, 4.69) is 70.6 Å². The third-order valence-corrected chi connectivity index (χ3v) is 5.77. The highest BCUT2D eigenvalue weighted by atomic mass is 32.2. The van der Waals surface area contributed by atoms with Crippen LogP contribution < -0.4 is 15.5 Å². The number of nitrogens with zero attached hydrogens (tertiary/aromatic N) is 5. The van der Waals surface area contributed by atoms with Crippen LogP contribution in [0.2, 0.25) is 0 Å². The van der Waals surface area contributed by atoms with Crippen LogP contribution in [-0.2, 0) is 12.8 Å². The Balaban J connectivity index is 1.57. The number of anilines is 5. The highest BCUT2D eigenvalue weighted by molar-refractivity contribution is 7.97. The van der Waals surface area contributed by atoms with Crippen molar-refractivity contribution in [2.75, 3.05) is 28.8 Å². The van der Waals surface area contributed by atoms with Crippen molar-refractivity contribution in [3.05, 3.63) is 60.3 Å². The topological polar surface area (TPSA) is 70.9 Å². The number of hydrogen-bond acceptors (Lipinski definition) is 7. The minimum Gasteiger partial charge on any atom is -0.353 e. The smallest absolute Gasteiger partial charge is 0.229 e. The fourth-order valence-corrected chi connectivity index (χ4v) is 4.06.